The van der Waals surface area contributed by atoms with E-state index in [1.165, 1.54) is 0 Å². The zero-order valence-electron chi connectivity index (χ0n) is 19.6. The first-order valence-electron chi connectivity index (χ1n) is 12.4. The van der Waals surface area contributed by atoms with Crippen molar-refractivity contribution in [3.05, 3.63) is 27.2 Å². The number of aromatic hydroxyl groups is 1. The maximum absolute atomic E-state index is 13.4. The molecule has 7 heteroatoms. The van der Waals surface area contributed by atoms with Crippen LogP contribution in [0.2, 0.25) is 0 Å². The number of unbranched alkanes of at least 4 members (excludes halogenated alkanes) is 1. The minimum atomic E-state index is -0.580. The summed E-state index contributed by atoms with van der Waals surface area (Å²) in [6, 6.07) is -0.389. The average molecular weight is 447 g/mol. The monoisotopic (exact) mass is 446 g/mol. The van der Waals surface area contributed by atoms with E-state index in [9.17, 15) is 19.5 Å². The summed E-state index contributed by atoms with van der Waals surface area (Å²) in [6.07, 6.45) is 10.4. The highest BCUT2D eigenvalue weighted by Gasteiger charge is 2.35. The Balaban J connectivity index is 1.96. The molecule has 3 rings (SSSR count). The first-order chi connectivity index (χ1) is 15.5. The SMILES string of the molecule is CCCCn1c2c(c(O)c(C(=O)NC3CCCCC3C(=O)OCC)c1=O)CCCCCC2. The van der Waals surface area contributed by atoms with Gasteiger partial charge in [0.05, 0.1) is 12.5 Å². The maximum Gasteiger partial charge on any atom is 0.311 e. The fourth-order valence-electron chi connectivity index (χ4n) is 5.14. The summed E-state index contributed by atoms with van der Waals surface area (Å²) in [5, 5.41) is 14.0. The normalized spacial score (nSPS) is 21.2. The number of carbonyl (C=O) groups excluding carboxylic acids is 2. The molecule has 0 radical (unpaired) electrons. The molecule has 0 spiro atoms. The summed E-state index contributed by atoms with van der Waals surface area (Å²) >= 11 is 0. The van der Waals surface area contributed by atoms with Gasteiger partial charge in [0, 0.05) is 23.8 Å². The predicted molar refractivity (Wildman–Crippen MR) is 123 cm³/mol. The van der Waals surface area contributed by atoms with E-state index in [1.54, 1.807) is 11.5 Å². The van der Waals surface area contributed by atoms with Crippen molar-refractivity contribution in [1.82, 2.24) is 9.88 Å². The van der Waals surface area contributed by atoms with E-state index in [0.29, 0.717) is 32.4 Å². The average Bonchev–Trinajstić information content (AvgIpc) is 2.75. The molecule has 0 saturated heterocycles. The van der Waals surface area contributed by atoms with Gasteiger partial charge in [-0.3, -0.25) is 14.4 Å². The number of nitrogens with zero attached hydrogens (tertiary/aromatic N) is 1. The van der Waals surface area contributed by atoms with Gasteiger partial charge < -0.3 is 19.7 Å². The first kappa shape index (κ1) is 24.3. The van der Waals surface area contributed by atoms with Crippen molar-refractivity contribution < 1.29 is 19.4 Å². The van der Waals surface area contributed by atoms with Crippen molar-refractivity contribution in [3.63, 3.8) is 0 Å². The van der Waals surface area contributed by atoms with Crippen LogP contribution in [0.1, 0.15) is 99.7 Å². The van der Waals surface area contributed by atoms with Crippen molar-refractivity contribution in [2.75, 3.05) is 6.61 Å². The fourth-order valence-corrected chi connectivity index (χ4v) is 5.14. The lowest BCUT2D eigenvalue weighted by atomic mass is 9.84. The third-order valence-corrected chi connectivity index (χ3v) is 6.88. The molecule has 1 aromatic heterocycles. The van der Waals surface area contributed by atoms with Crippen molar-refractivity contribution in [1.29, 1.82) is 0 Å². The van der Waals surface area contributed by atoms with Crippen LogP contribution in [0.15, 0.2) is 4.79 Å². The van der Waals surface area contributed by atoms with E-state index in [1.807, 2.05) is 0 Å². The minimum Gasteiger partial charge on any atom is -0.507 e. The van der Waals surface area contributed by atoms with Crippen LogP contribution in [0.3, 0.4) is 0 Å². The van der Waals surface area contributed by atoms with Crippen LogP contribution in [0.4, 0.5) is 0 Å². The van der Waals surface area contributed by atoms with Gasteiger partial charge in [-0.1, -0.05) is 39.0 Å². The third-order valence-electron chi connectivity index (χ3n) is 6.88. The summed E-state index contributed by atoms with van der Waals surface area (Å²) in [6.45, 7) is 4.68. The summed E-state index contributed by atoms with van der Waals surface area (Å²) in [5.74, 6) is -1.47. The predicted octanol–water partition coefficient (Wildman–Crippen LogP) is 3.86. The maximum atomic E-state index is 13.4. The fraction of sp³-hybridized carbons (Fsp3) is 0.720. The number of hydrogen-bond acceptors (Lipinski definition) is 5. The summed E-state index contributed by atoms with van der Waals surface area (Å²) in [4.78, 5) is 39.1. The standard InChI is InChI=1S/C25H38N2O5/c1-3-5-16-27-20-15-9-7-6-8-13-18(20)22(28)21(24(27)30)23(29)26-19-14-11-10-12-17(19)25(31)32-4-2/h17,19,28H,3-16H2,1-2H3,(H,26,29). The lowest BCUT2D eigenvalue weighted by Crippen LogP contribution is -2.47. The van der Waals surface area contributed by atoms with Crippen LogP contribution in [-0.4, -0.2) is 34.2 Å². The molecular weight excluding hydrogens is 408 g/mol. The molecule has 1 aromatic rings. The number of hydrogen-bond donors (Lipinski definition) is 2. The molecule has 1 amide bonds. The van der Waals surface area contributed by atoms with Crippen LogP contribution in [-0.2, 0) is 28.9 Å². The number of rotatable bonds is 7. The van der Waals surface area contributed by atoms with Crippen molar-refractivity contribution >= 4 is 11.9 Å². The smallest absolute Gasteiger partial charge is 0.311 e. The second kappa shape index (κ2) is 11.5. The van der Waals surface area contributed by atoms with Crippen LogP contribution in [0.5, 0.6) is 5.75 Å². The van der Waals surface area contributed by atoms with Crippen LogP contribution >= 0.6 is 0 Å². The van der Waals surface area contributed by atoms with Gasteiger partial charge in [-0.15, -0.1) is 0 Å². The summed E-state index contributed by atoms with van der Waals surface area (Å²) in [7, 11) is 0. The number of aromatic nitrogens is 1. The van der Waals surface area contributed by atoms with Crippen molar-refractivity contribution in [2.24, 2.45) is 5.92 Å². The Labute approximate surface area is 190 Å². The van der Waals surface area contributed by atoms with Gasteiger partial charge in [0.2, 0.25) is 0 Å². The Morgan fingerprint density at radius 1 is 1.06 bits per heavy atom. The Morgan fingerprint density at radius 2 is 1.78 bits per heavy atom. The van der Waals surface area contributed by atoms with Gasteiger partial charge in [0.1, 0.15) is 11.3 Å². The van der Waals surface area contributed by atoms with E-state index >= 15 is 0 Å². The van der Waals surface area contributed by atoms with Crippen molar-refractivity contribution in [3.8, 4) is 5.75 Å². The Hall–Kier alpha value is -2.31. The summed E-state index contributed by atoms with van der Waals surface area (Å²) < 4.78 is 6.93. The first-order valence-corrected chi connectivity index (χ1v) is 12.4. The van der Waals surface area contributed by atoms with Crippen molar-refractivity contribution in [2.45, 2.75) is 103 Å². The number of nitrogens with one attached hydrogen (secondary N) is 1. The molecule has 7 nitrogen and oxygen atoms in total. The van der Waals surface area contributed by atoms with Gasteiger partial charge in [-0.25, -0.2) is 0 Å². The van der Waals surface area contributed by atoms with E-state index in [2.05, 4.69) is 12.2 Å². The van der Waals surface area contributed by atoms with Crippen LogP contribution < -0.4 is 10.9 Å². The highest BCUT2D eigenvalue weighted by molar-refractivity contribution is 5.97. The molecular formula is C25H38N2O5. The minimum absolute atomic E-state index is 0.166. The second-order valence-electron chi connectivity index (χ2n) is 9.10. The molecule has 1 saturated carbocycles. The lowest BCUT2D eigenvalue weighted by molar-refractivity contribution is -0.150. The highest BCUT2D eigenvalue weighted by Crippen LogP contribution is 2.30. The number of esters is 1. The molecule has 0 aliphatic heterocycles. The quantitative estimate of drug-likeness (QED) is 0.620. The largest absolute Gasteiger partial charge is 0.507 e. The summed E-state index contributed by atoms with van der Waals surface area (Å²) in [5.41, 5.74) is 1.04. The molecule has 1 heterocycles. The van der Waals surface area contributed by atoms with Crippen LogP contribution in [0.25, 0.3) is 0 Å². The Kier molecular flexibility index (Phi) is 8.76. The molecule has 2 N–H and O–H groups in total. The molecule has 178 valence electrons. The van der Waals surface area contributed by atoms with E-state index in [0.717, 1.165) is 69.0 Å². The molecule has 2 aliphatic rings. The number of pyridine rings is 1. The molecule has 32 heavy (non-hydrogen) atoms. The van der Waals surface area contributed by atoms with Gasteiger partial charge in [0.25, 0.3) is 11.5 Å². The van der Waals surface area contributed by atoms with E-state index < -0.39 is 17.4 Å². The zero-order valence-corrected chi connectivity index (χ0v) is 19.6. The van der Waals surface area contributed by atoms with Gasteiger partial charge in [-0.05, 0) is 51.9 Å². The molecule has 1 fully saturated rings. The van der Waals surface area contributed by atoms with E-state index in [-0.39, 0.29) is 23.3 Å². The van der Waals surface area contributed by atoms with Gasteiger partial charge in [-0.2, -0.15) is 0 Å². The van der Waals surface area contributed by atoms with Crippen LogP contribution in [0, 0.1) is 5.92 Å². The lowest BCUT2D eigenvalue weighted by Gasteiger charge is -2.30. The molecule has 2 atom stereocenters. The number of carbonyl (C=O) groups is 2. The molecule has 0 aromatic carbocycles. The molecule has 2 aliphatic carbocycles. The van der Waals surface area contributed by atoms with Gasteiger partial charge in [0.15, 0.2) is 0 Å². The molecule has 0 bridgehead atoms. The zero-order chi connectivity index (χ0) is 23.1. The van der Waals surface area contributed by atoms with Gasteiger partial charge >= 0.3 is 5.97 Å². The Morgan fingerprint density at radius 3 is 2.50 bits per heavy atom. The number of fused-ring (bicyclic) bond motifs is 1. The third kappa shape index (κ3) is 5.36. The second-order valence-corrected chi connectivity index (χ2v) is 9.10. The Bertz CT molecular complexity index is 876. The number of amides is 1. The van der Waals surface area contributed by atoms with E-state index in [4.69, 9.17) is 4.74 Å². The topological polar surface area (TPSA) is 97.6 Å². The molecule has 2 unspecified atom stereocenters. The highest BCUT2D eigenvalue weighted by atomic mass is 16.5. The number of ether oxygens (including phenoxy) is 1.